The quantitative estimate of drug-likeness (QED) is 0.708. The fraction of sp³-hybridized carbons (Fsp3) is 0.909. The predicted octanol–water partition coefficient (Wildman–Crippen LogP) is 2.29. The molecule has 0 aromatic heterocycles. The summed E-state index contributed by atoms with van der Waals surface area (Å²) in [6.45, 7) is 0. The average Bonchev–Trinajstić information content (AvgIpc) is 2.66. The molecule has 72 valence electrons. The van der Waals surface area contributed by atoms with Gasteiger partial charge in [0.05, 0.1) is 5.41 Å². The van der Waals surface area contributed by atoms with Gasteiger partial charge in [0, 0.05) is 0 Å². The van der Waals surface area contributed by atoms with Gasteiger partial charge in [-0.3, -0.25) is 4.79 Å². The van der Waals surface area contributed by atoms with E-state index in [-0.39, 0.29) is 5.41 Å². The molecule has 1 N–H and O–H groups in total. The fourth-order valence-corrected chi connectivity index (χ4v) is 3.80. The Hall–Kier alpha value is -0.530. The van der Waals surface area contributed by atoms with E-state index < -0.39 is 5.97 Å². The van der Waals surface area contributed by atoms with Gasteiger partial charge in [-0.15, -0.1) is 0 Å². The Labute approximate surface area is 78.3 Å². The van der Waals surface area contributed by atoms with E-state index in [0.29, 0.717) is 5.92 Å². The largest absolute Gasteiger partial charge is 0.481 e. The maximum Gasteiger partial charge on any atom is 0.309 e. The fourth-order valence-electron chi connectivity index (χ4n) is 3.80. The molecule has 0 aromatic carbocycles. The summed E-state index contributed by atoms with van der Waals surface area (Å²) in [5.74, 6) is 1.68. The molecule has 3 fully saturated rings. The third kappa shape index (κ3) is 0.918. The van der Waals surface area contributed by atoms with Crippen molar-refractivity contribution in [2.24, 2.45) is 23.2 Å². The second-order valence-electron chi connectivity index (χ2n) is 5.24. The molecule has 13 heavy (non-hydrogen) atoms. The Bertz CT molecular complexity index is 255. The summed E-state index contributed by atoms with van der Waals surface area (Å²) in [5.41, 5.74) is -0.250. The Kier molecular flexibility index (Phi) is 1.38. The van der Waals surface area contributed by atoms with Crippen LogP contribution in [-0.4, -0.2) is 11.1 Å². The van der Waals surface area contributed by atoms with Gasteiger partial charge >= 0.3 is 5.97 Å². The van der Waals surface area contributed by atoms with Gasteiger partial charge in [-0.05, 0) is 49.9 Å². The molecule has 0 aliphatic heterocycles. The van der Waals surface area contributed by atoms with Gasteiger partial charge in [0.25, 0.3) is 0 Å². The molecule has 0 aromatic rings. The van der Waals surface area contributed by atoms with Crippen LogP contribution in [0.2, 0.25) is 0 Å². The van der Waals surface area contributed by atoms with E-state index in [9.17, 15) is 9.90 Å². The summed E-state index contributed by atoms with van der Waals surface area (Å²) >= 11 is 0. The lowest BCUT2D eigenvalue weighted by molar-refractivity contribution is -0.146. The number of rotatable bonds is 2. The van der Waals surface area contributed by atoms with E-state index in [1.165, 1.54) is 25.7 Å². The van der Waals surface area contributed by atoms with Crippen molar-refractivity contribution in [3.63, 3.8) is 0 Å². The Morgan fingerprint density at radius 3 is 2.38 bits per heavy atom. The second-order valence-corrected chi connectivity index (χ2v) is 5.24. The molecule has 2 nitrogen and oxygen atoms in total. The summed E-state index contributed by atoms with van der Waals surface area (Å²) in [7, 11) is 0. The van der Waals surface area contributed by atoms with Crippen LogP contribution in [0.1, 0.15) is 38.5 Å². The summed E-state index contributed by atoms with van der Waals surface area (Å²) in [6, 6.07) is 0. The molecule has 0 amide bonds. The maximum atomic E-state index is 11.1. The SMILES string of the molecule is O=C(O)C1(C2CC3CCC2C3)CC1. The van der Waals surface area contributed by atoms with Gasteiger partial charge in [-0.2, -0.15) is 0 Å². The maximum absolute atomic E-state index is 11.1. The van der Waals surface area contributed by atoms with Gasteiger partial charge in [-0.1, -0.05) is 6.42 Å². The lowest BCUT2D eigenvalue weighted by Gasteiger charge is -2.27. The number of aliphatic carboxylic acids is 1. The molecule has 3 rings (SSSR count). The van der Waals surface area contributed by atoms with Crippen molar-refractivity contribution in [1.82, 2.24) is 0 Å². The molecule has 0 spiro atoms. The normalized spacial score (nSPS) is 45.1. The highest BCUT2D eigenvalue weighted by molar-refractivity contribution is 5.78. The van der Waals surface area contributed by atoms with Crippen molar-refractivity contribution in [3.05, 3.63) is 0 Å². The number of carboxylic acid groups (broad SMARTS) is 1. The highest BCUT2D eigenvalue weighted by Gasteiger charge is 2.61. The van der Waals surface area contributed by atoms with Crippen LogP contribution in [0.25, 0.3) is 0 Å². The molecule has 0 radical (unpaired) electrons. The highest BCUT2D eigenvalue weighted by atomic mass is 16.4. The molecule has 3 saturated carbocycles. The zero-order chi connectivity index (χ0) is 9.05. The number of carboxylic acids is 1. The molecular weight excluding hydrogens is 164 g/mol. The van der Waals surface area contributed by atoms with Crippen LogP contribution in [0.4, 0.5) is 0 Å². The number of hydrogen-bond donors (Lipinski definition) is 1. The van der Waals surface area contributed by atoms with Crippen LogP contribution in [0.5, 0.6) is 0 Å². The second kappa shape index (κ2) is 2.28. The molecule has 0 heterocycles. The van der Waals surface area contributed by atoms with Crippen LogP contribution < -0.4 is 0 Å². The molecule has 3 atom stereocenters. The molecule has 3 unspecified atom stereocenters. The third-order valence-electron chi connectivity index (χ3n) is 4.66. The summed E-state index contributed by atoms with van der Waals surface area (Å²) < 4.78 is 0. The van der Waals surface area contributed by atoms with Crippen molar-refractivity contribution in [2.75, 3.05) is 0 Å². The third-order valence-corrected chi connectivity index (χ3v) is 4.66. The molecule has 3 aliphatic rings. The lowest BCUT2D eigenvalue weighted by atomic mass is 9.77. The van der Waals surface area contributed by atoms with Crippen molar-refractivity contribution in [3.8, 4) is 0 Å². The van der Waals surface area contributed by atoms with Gasteiger partial charge in [0.2, 0.25) is 0 Å². The minimum atomic E-state index is -0.509. The molecule has 2 heteroatoms. The van der Waals surface area contributed by atoms with E-state index in [2.05, 4.69) is 0 Å². The summed E-state index contributed by atoms with van der Waals surface area (Å²) in [6.07, 6.45) is 7.14. The zero-order valence-corrected chi connectivity index (χ0v) is 7.83. The number of carbonyl (C=O) groups is 1. The minimum absolute atomic E-state index is 0.250. The Balaban J connectivity index is 1.83. The minimum Gasteiger partial charge on any atom is -0.481 e. The predicted molar refractivity (Wildman–Crippen MR) is 48.2 cm³/mol. The first-order valence-electron chi connectivity index (χ1n) is 5.46. The number of fused-ring (bicyclic) bond motifs is 2. The highest BCUT2D eigenvalue weighted by Crippen LogP contribution is 2.63. The van der Waals surface area contributed by atoms with E-state index in [1.807, 2.05) is 0 Å². The first-order chi connectivity index (χ1) is 6.22. The monoisotopic (exact) mass is 180 g/mol. The molecule has 2 bridgehead atoms. The smallest absolute Gasteiger partial charge is 0.309 e. The van der Waals surface area contributed by atoms with E-state index in [4.69, 9.17) is 0 Å². The van der Waals surface area contributed by atoms with Crippen molar-refractivity contribution >= 4 is 5.97 Å². The van der Waals surface area contributed by atoms with E-state index >= 15 is 0 Å². The average molecular weight is 180 g/mol. The molecule has 0 saturated heterocycles. The Morgan fingerprint density at radius 1 is 1.23 bits per heavy atom. The van der Waals surface area contributed by atoms with Crippen LogP contribution >= 0.6 is 0 Å². The van der Waals surface area contributed by atoms with Crippen LogP contribution in [0.15, 0.2) is 0 Å². The van der Waals surface area contributed by atoms with Gasteiger partial charge < -0.3 is 5.11 Å². The van der Waals surface area contributed by atoms with Crippen LogP contribution in [0.3, 0.4) is 0 Å². The summed E-state index contributed by atoms with van der Waals surface area (Å²) in [5, 5.41) is 9.19. The van der Waals surface area contributed by atoms with Gasteiger partial charge in [0.15, 0.2) is 0 Å². The topological polar surface area (TPSA) is 37.3 Å². The standard InChI is InChI=1S/C11H16O2/c12-10(13)11(3-4-11)9-6-7-1-2-8(9)5-7/h7-9H,1-6H2,(H,12,13). The van der Waals surface area contributed by atoms with E-state index in [1.54, 1.807) is 0 Å². The van der Waals surface area contributed by atoms with Crippen LogP contribution in [-0.2, 0) is 4.79 Å². The number of hydrogen-bond acceptors (Lipinski definition) is 1. The van der Waals surface area contributed by atoms with Crippen molar-refractivity contribution < 1.29 is 9.90 Å². The molecule has 3 aliphatic carbocycles. The van der Waals surface area contributed by atoms with Crippen molar-refractivity contribution in [1.29, 1.82) is 0 Å². The molecular formula is C11H16O2. The van der Waals surface area contributed by atoms with Gasteiger partial charge in [-0.25, -0.2) is 0 Å². The lowest BCUT2D eigenvalue weighted by Crippen LogP contribution is -2.29. The van der Waals surface area contributed by atoms with Gasteiger partial charge in [0.1, 0.15) is 0 Å². The Morgan fingerprint density at radius 2 is 2.00 bits per heavy atom. The first kappa shape index (κ1) is 7.84. The summed E-state index contributed by atoms with van der Waals surface area (Å²) in [4.78, 5) is 11.1. The van der Waals surface area contributed by atoms with Crippen LogP contribution in [0, 0.1) is 23.2 Å². The van der Waals surface area contributed by atoms with Crippen molar-refractivity contribution in [2.45, 2.75) is 38.5 Å². The zero-order valence-electron chi connectivity index (χ0n) is 7.83. The first-order valence-corrected chi connectivity index (χ1v) is 5.46. The van der Waals surface area contributed by atoms with E-state index in [0.717, 1.165) is 24.7 Å².